The van der Waals surface area contributed by atoms with E-state index in [0.29, 0.717) is 5.39 Å². The number of fused-ring (bicyclic) bond motifs is 3. The summed E-state index contributed by atoms with van der Waals surface area (Å²) >= 11 is 0. The molecular formula is C14H11NO2S. The van der Waals surface area contributed by atoms with E-state index in [9.17, 15) is 8.42 Å². The van der Waals surface area contributed by atoms with Crippen LogP contribution in [0.2, 0.25) is 0 Å². The van der Waals surface area contributed by atoms with Crippen molar-refractivity contribution in [3.8, 4) is 0 Å². The number of primary sulfonamides is 1. The van der Waals surface area contributed by atoms with Crippen molar-refractivity contribution in [3.63, 3.8) is 0 Å². The van der Waals surface area contributed by atoms with Crippen molar-refractivity contribution < 1.29 is 8.42 Å². The third kappa shape index (κ3) is 1.66. The van der Waals surface area contributed by atoms with Crippen LogP contribution in [0.3, 0.4) is 0 Å². The number of sulfonamides is 1. The fourth-order valence-corrected chi connectivity index (χ4v) is 3.04. The molecule has 0 heterocycles. The zero-order chi connectivity index (χ0) is 12.8. The van der Waals surface area contributed by atoms with E-state index in [1.165, 1.54) is 0 Å². The largest absolute Gasteiger partial charge is 0.238 e. The van der Waals surface area contributed by atoms with Crippen molar-refractivity contribution in [1.82, 2.24) is 0 Å². The molecule has 0 saturated carbocycles. The summed E-state index contributed by atoms with van der Waals surface area (Å²) < 4.78 is 23.3. The minimum absolute atomic E-state index is 0.178. The fraction of sp³-hybridized carbons (Fsp3) is 0. The monoisotopic (exact) mass is 257 g/mol. The Morgan fingerprint density at radius 3 is 2.22 bits per heavy atom. The van der Waals surface area contributed by atoms with Gasteiger partial charge in [0.15, 0.2) is 0 Å². The quantitative estimate of drug-likeness (QED) is 0.681. The molecule has 0 aliphatic heterocycles. The average molecular weight is 257 g/mol. The van der Waals surface area contributed by atoms with E-state index in [-0.39, 0.29) is 4.90 Å². The predicted octanol–water partition coefficient (Wildman–Crippen LogP) is 2.64. The molecule has 4 heteroatoms. The Bertz CT molecular complexity index is 854. The topological polar surface area (TPSA) is 60.2 Å². The molecule has 0 atom stereocenters. The maximum atomic E-state index is 11.7. The zero-order valence-corrected chi connectivity index (χ0v) is 10.3. The highest BCUT2D eigenvalue weighted by molar-refractivity contribution is 7.89. The molecule has 0 radical (unpaired) electrons. The van der Waals surface area contributed by atoms with Gasteiger partial charge in [-0.1, -0.05) is 48.5 Å². The van der Waals surface area contributed by atoms with Gasteiger partial charge in [0.1, 0.15) is 0 Å². The second-order valence-corrected chi connectivity index (χ2v) is 5.72. The summed E-state index contributed by atoms with van der Waals surface area (Å²) in [5.74, 6) is 0. The minimum Gasteiger partial charge on any atom is -0.225 e. The second-order valence-electron chi connectivity index (χ2n) is 4.19. The molecule has 0 bridgehead atoms. The zero-order valence-electron chi connectivity index (χ0n) is 9.50. The number of rotatable bonds is 1. The van der Waals surface area contributed by atoms with Crippen LogP contribution in [0, 0.1) is 0 Å². The molecule has 0 unspecified atom stereocenters. The first kappa shape index (κ1) is 11.2. The molecule has 0 amide bonds. The van der Waals surface area contributed by atoms with Crippen LogP contribution in [0.1, 0.15) is 0 Å². The molecule has 0 aliphatic rings. The Kier molecular flexibility index (Phi) is 2.36. The summed E-state index contributed by atoms with van der Waals surface area (Å²) in [7, 11) is -3.72. The van der Waals surface area contributed by atoms with Crippen molar-refractivity contribution in [1.29, 1.82) is 0 Å². The molecule has 0 aliphatic carbocycles. The standard InChI is InChI=1S/C14H11NO2S/c15-18(16,17)13-7-3-5-11-9-8-10-4-1-2-6-12(10)14(11)13/h1-9H,(H2,15,16,17). The third-order valence-electron chi connectivity index (χ3n) is 3.04. The van der Waals surface area contributed by atoms with E-state index in [1.54, 1.807) is 12.1 Å². The van der Waals surface area contributed by atoms with E-state index in [2.05, 4.69) is 0 Å². The van der Waals surface area contributed by atoms with Crippen molar-refractivity contribution in [2.45, 2.75) is 4.90 Å². The van der Waals surface area contributed by atoms with E-state index in [4.69, 9.17) is 5.14 Å². The number of hydrogen-bond donors (Lipinski definition) is 1. The van der Waals surface area contributed by atoms with Crippen molar-refractivity contribution in [2.24, 2.45) is 5.14 Å². The molecule has 0 saturated heterocycles. The first-order valence-corrected chi connectivity index (χ1v) is 7.05. The summed E-state index contributed by atoms with van der Waals surface area (Å²) in [6, 6.07) is 16.7. The van der Waals surface area contributed by atoms with Crippen LogP contribution in [0.25, 0.3) is 21.5 Å². The number of nitrogens with two attached hydrogens (primary N) is 1. The first-order valence-electron chi connectivity index (χ1n) is 5.51. The Balaban J connectivity index is 2.63. The Labute approximate surface area is 105 Å². The molecule has 2 N–H and O–H groups in total. The highest BCUT2D eigenvalue weighted by Crippen LogP contribution is 2.30. The minimum atomic E-state index is -3.72. The molecule has 3 nitrogen and oxygen atoms in total. The van der Waals surface area contributed by atoms with Crippen LogP contribution in [0.15, 0.2) is 59.5 Å². The van der Waals surface area contributed by atoms with E-state index in [0.717, 1.165) is 16.2 Å². The summed E-state index contributed by atoms with van der Waals surface area (Å²) in [4.78, 5) is 0.178. The molecule has 0 aromatic heterocycles. The molecule has 0 fully saturated rings. The van der Waals surface area contributed by atoms with Crippen molar-refractivity contribution in [3.05, 3.63) is 54.6 Å². The Hall–Kier alpha value is -1.91. The summed E-state index contributed by atoms with van der Waals surface area (Å²) in [6.45, 7) is 0. The van der Waals surface area contributed by atoms with Gasteiger partial charge in [0.2, 0.25) is 10.0 Å². The van der Waals surface area contributed by atoms with E-state index < -0.39 is 10.0 Å². The van der Waals surface area contributed by atoms with Gasteiger partial charge in [0, 0.05) is 5.39 Å². The fourth-order valence-electron chi connectivity index (χ4n) is 2.26. The molecule has 3 aromatic rings. The number of hydrogen-bond acceptors (Lipinski definition) is 2. The molecule has 90 valence electrons. The van der Waals surface area contributed by atoms with Crippen molar-refractivity contribution >= 4 is 31.6 Å². The third-order valence-corrected chi connectivity index (χ3v) is 3.99. The molecular weight excluding hydrogens is 246 g/mol. The van der Waals surface area contributed by atoms with E-state index in [1.807, 2.05) is 42.5 Å². The summed E-state index contributed by atoms with van der Waals surface area (Å²) in [6.07, 6.45) is 0. The normalized spacial score (nSPS) is 12.1. The highest BCUT2D eigenvalue weighted by atomic mass is 32.2. The van der Waals surface area contributed by atoms with Crippen molar-refractivity contribution in [2.75, 3.05) is 0 Å². The van der Waals surface area contributed by atoms with Gasteiger partial charge in [-0.05, 0) is 22.2 Å². The maximum Gasteiger partial charge on any atom is 0.238 e. The van der Waals surface area contributed by atoms with Gasteiger partial charge < -0.3 is 0 Å². The van der Waals surface area contributed by atoms with Crippen LogP contribution in [-0.4, -0.2) is 8.42 Å². The predicted molar refractivity (Wildman–Crippen MR) is 72.8 cm³/mol. The van der Waals surface area contributed by atoms with Gasteiger partial charge in [-0.25, -0.2) is 13.6 Å². The lowest BCUT2D eigenvalue weighted by Crippen LogP contribution is -2.12. The molecule has 3 aromatic carbocycles. The average Bonchev–Trinajstić information content (AvgIpc) is 2.36. The lowest BCUT2D eigenvalue weighted by molar-refractivity contribution is 0.598. The first-order chi connectivity index (χ1) is 8.57. The van der Waals surface area contributed by atoms with Gasteiger partial charge in [-0.3, -0.25) is 0 Å². The lowest BCUT2D eigenvalue weighted by Gasteiger charge is -2.08. The van der Waals surface area contributed by atoms with Crippen LogP contribution < -0.4 is 5.14 Å². The molecule has 0 spiro atoms. The summed E-state index contributed by atoms with van der Waals surface area (Å²) in [5, 5.41) is 8.76. The maximum absolute atomic E-state index is 11.7. The van der Waals surface area contributed by atoms with Gasteiger partial charge in [0.25, 0.3) is 0 Å². The Morgan fingerprint density at radius 2 is 1.44 bits per heavy atom. The van der Waals surface area contributed by atoms with Crippen LogP contribution in [0.4, 0.5) is 0 Å². The van der Waals surface area contributed by atoms with Gasteiger partial charge in [-0.15, -0.1) is 0 Å². The Morgan fingerprint density at radius 1 is 0.778 bits per heavy atom. The lowest BCUT2D eigenvalue weighted by atomic mass is 10.0. The summed E-state index contributed by atoms with van der Waals surface area (Å²) in [5.41, 5.74) is 0. The van der Waals surface area contributed by atoms with Crippen LogP contribution >= 0.6 is 0 Å². The van der Waals surface area contributed by atoms with Gasteiger partial charge in [0.05, 0.1) is 4.90 Å². The number of benzene rings is 3. The highest BCUT2D eigenvalue weighted by Gasteiger charge is 2.13. The van der Waals surface area contributed by atoms with E-state index >= 15 is 0 Å². The smallest absolute Gasteiger partial charge is 0.225 e. The van der Waals surface area contributed by atoms with Gasteiger partial charge >= 0.3 is 0 Å². The van der Waals surface area contributed by atoms with Crippen LogP contribution in [0.5, 0.6) is 0 Å². The second kappa shape index (κ2) is 3.80. The molecule has 3 rings (SSSR count). The van der Waals surface area contributed by atoms with Crippen LogP contribution in [-0.2, 0) is 10.0 Å². The SMILES string of the molecule is NS(=O)(=O)c1cccc2ccc3ccccc3c12. The van der Waals surface area contributed by atoms with Gasteiger partial charge in [-0.2, -0.15) is 0 Å². The molecule has 18 heavy (non-hydrogen) atoms.